The van der Waals surface area contributed by atoms with Gasteiger partial charge < -0.3 is 25.4 Å². The molecule has 0 aliphatic carbocycles. The van der Waals surface area contributed by atoms with Gasteiger partial charge in [0.15, 0.2) is 17.5 Å². The van der Waals surface area contributed by atoms with E-state index in [0.717, 1.165) is 111 Å². The minimum Gasteiger partial charge on any atom is -0.382 e. The zero-order chi connectivity index (χ0) is 64.9. The number of hydrogen-bond acceptors (Lipinski definition) is 17. The van der Waals surface area contributed by atoms with Gasteiger partial charge >= 0.3 is 0 Å². The summed E-state index contributed by atoms with van der Waals surface area (Å²) in [6.07, 6.45) is 8.89. The molecule has 12 rings (SSSR count). The maximum Gasteiger partial charge on any atom is 0.251 e. The van der Waals surface area contributed by atoms with E-state index in [9.17, 15) is 14.4 Å². The Labute approximate surface area is 557 Å². The molecule has 27 heteroatoms. The Morgan fingerprint density at radius 1 is 0.462 bits per heavy atom. The Hall–Kier alpha value is -9.56. The molecule has 0 aliphatic rings. The summed E-state index contributed by atoms with van der Waals surface area (Å²) in [5.41, 5.74) is 8.81. The van der Waals surface area contributed by atoms with Gasteiger partial charge in [-0.3, -0.25) is 29.7 Å². The number of hydrogen-bond donors (Lipinski definition) is 6. The van der Waals surface area contributed by atoms with E-state index in [-0.39, 0.29) is 17.7 Å². The number of benzene rings is 6. The lowest BCUT2D eigenvalue weighted by Gasteiger charge is -2.11. The van der Waals surface area contributed by atoms with Gasteiger partial charge in [0.2, 0.25) is 0 Å². The highest BCUT2D eigenvalue weighted by Crippen LogP contribution is 2.28. The fraction of sp³-hybridized carbons (Fsp3) is 0.227. The van der Waals surface area contributed by atoms with Crippen molar-refractivity contribution in [2.75, 3.05) is 40.0 Å². The van der Waals surface area contributed by atoms with Crippen molar-refractivity contribution in [3.05, 3.63) is 213 Å². The highest BCUT2D eigenvalue weighted by molar-refractivity contribution is 9.08. The molecule has 3 amide bonds. The predicted molar refractivity (Wildman–Crippen MR) is 360 cm³/mol. The van der Waals surface area contributed by atoms with E-state index < -0.39 is 0 Å². The molecule has 93 heavy (non-hydrogen) atoms. The molecule has 0 fully saturated rings. The highest BCUT2D eigenvalue weighted by Gasteiger charge is 2.17. The fourth-order valence-corrected chi connectivity index (χ4v) is 10.3. The van der Waals surface area contributed by atoms with Crippen LogP contribution in [0, 0.1) is 6.92 Å². The molecule has 23 nitrogen and oxygen atoms in total. The van der Waals surface area contributed by atoms with Crippen LogP contribution in [0.5, 0.6) is 0 Å². The number of aromatic nitrogens is 15. The van der Waals surface area contributed by atoms with E-state index in [1.165, 1.54) is 19.0 Å². The number of ether oxygens (including phenoxy) is 2. The molecule has 0 unspecified atom stereocenters. The zero-order valence-electron chi connectivity index (χ0n) is 50.5. The lowest BCUT2D eigenvalue weighted by Crippen LogP contribution is -2.24. The molecule has 0 saturated heterocycles. The number of carbonyl (C=O) groups excluding carboxylic acids is 3. The van der Waals surface area contributed by atoms with Crippen LogP contribution in [-0.2, 0) is 40.7 Å². The number of nitrogens with one attached hydrogen (secondary N) is 6. The Bertz CT molecular complexity index is 4440. The van der Waals surface area contributed by atoms with Crippen molar-refractivity contribution in [2.45, 2.75) is 57.4 Å². The van der Waals surface area contributed by atoms with Crippen LogP contribution >= 0.6 is 50.7 Å². The summed E-state index contributed by atoms with van der Waals surface area (Å²) in [6, 6.07) is 38.5. The van der Waals surface area contributed by atoms with Crippen LogP contribution in [0.4, 0.5) is 0 Å². The third-order valence-corrected chi connectivity index (χ3v) is 15.6. The molecule has 12 aromatic rings. The van der Waals surface area contributed by atoms with Crippen molar-refractivity contribution in [3.63, 3.8) is 0 Å². The number of H-pyrrole nitrogens is 3. The number of nitrogens with zero attached hydrogens (tertiary/aromatic N) is 12. The summed E-state index contributed by atoms with van der Waals surface area (Å²) in [5.74, 6) is 3.73. The van der Waals surface area contributed by atoms with Gasteiger partial charge in [-0.05, 0) is 135 Å². The van der Waals surface area contributed by atoms with Crippen molar-refractivity contribution in [2.24, 2.45) is 0 Å². The number of aryl methyl sites for hydroxylation is 4. The Morgan fingerprint density at radius 2 is 0.828 bits per heavy atom. The quantitative estimate of drug-likeness (QED) is 0.0242. The van der Waals surface area contributed by atoms with Gasteiger partial charge in [-0.2, -0.15) is 15.3 Å². The van der Waals surface area contributed by atoms with Gasteiger partial charge in [0, 0.05) is 122 Å². The number of methoxy groups -OCH3 is 1. The molecule has 6 aromatic heterocycles. The van der Waals surface area contributed by atoms with E-state index in [4.69, 9.17) is 54.2 Å². The summed E-state index contributed by atoms with van der Waals surface area (Å²) in [7, 11) is 1.63. The first-order valence-corrected chi connectivity index (χ1v) is 31.8. The first kappa shape index (κ1) is 66.4. The van der Waals surface area contributed by atoms with Crippen LogP contribution in [0.1, 0.15) is 84.9 Å². The van der Waals surface area contributed by atoms with Crippen molar-refractivity contribution in [1.29, 1.82) is 0 Å². The van der Waals surface area contributed by atoms with Crippen LogP contribution in [0.25, 0.3) is 66.9 Å². The van der Waals surface area contributed by atoms with Crippen LogP contribution in [0.3, 0.4) is 0 Å². The van der Waals surface area contributed by atoms with Crippen molar-refractivity contribution in [1.82, 2.24) is 91.4 Å². The van der Waals surface area contributed by atoms with Gasteiger partial charge in [0.05, 0.1) is 47.8 Å². The fourth-order valence-electron chi connectivity index (χ4n) is 9.54. The summed E-state index contributed by atoms with van der Waals surface area (Å²) in [4.78, 5) is 78.1. The molecule has 0 bridgehead atoms. The highest BCUT2D eigenvalue weighted by atomic mass is 79.9. The first-order valence-electron chi connectivity index (χ1n) is 29.6. The second-order valence-corrected chi connectivity index (χ2v) is 22.8. The van der Waals surface area contributed by atoms with Crippen LogP contribution < -0.4 is 16.0 Å². The number of halogens is 4. The van der Waals surface area contributed by atoms with Crippen LogP contribution in [-0.4, -0.2) is 133 Å². The topological polar surface area (TPSA) is 308 Å². The molecule has 6 heterocycles. The summed E-state index contributed by atoms with van der Waals surface area (Å²) in [5, 5.41) is 33.9. The maximum atomic E-state index is 12.7. The number of carbonyl (C=O) groups is 3. The van der Waals surface area contributed by atoms with E-state index in [2.05, 4.69) is 97.4 Å². The molecule has 474 valence electrons. The molecular weight excluding hydrogens is 1310 g/mol. The molecule has 6 aromatic carbocycles. The molecule has 0 aliphatic heterocycles. The van der Waals surface area contributed by atoms with Gasteiger partial charge in [0.1, 0.15) is 36.5 Å². The van der Waals surface area contributed by atoms with Gasteiger partial charge in [-0.1, -0.05) is 68.9 Å². The summed E-state index contributed by atoms with van der Waals surface area (Å²) in [6.45, 7) is 4.81. The van der Waals surface area contributed by atoms with Crippen molar-refractivity contribution in [3.8, 4) is 34.2 Å². The van der Waals surface area contributed by atoms with E-state index in [1.807, 2.05) is 73.7 Å². The first-order chi connectivity index (χ1) is 45.4. The number of alkyl halides is 1. The normalized spacial score (nSPS) is 11.0. The minimum atomic E-state index is -0.163. The van der Waals surface area contributed by atoms with Crippen LogP contribution in [0.2, 0.25) is 15.1 Å². The van der Waals surface area contributed by atoms with Gasteiger partial charge in [-0.15, -0.1) is 0 Å². The lowest BCUT2D eigenvalue weighted by atomic mass is 10.1. The molecular formula is C66H62BrCl3N18O5. The Balaban J connectivity index is 0.000000153. The Morgan fingerprint density at radius 3 is 1.20 bits per heavy atom. The molecule has 6 N–H and O–H groups in total. The van der Waals surface area contributed by atoms with E-state index in [1.54, 1.807) is 67.8 Å². The standard InChI is InChI=1S/C24H25ClN6O3.C21H18BrClN6O.C21H19ClN6O/c1-33-11-12-34-14-21-19-9-6-17(24(32)26-10-2-3-22-27-15-28-31-22)13-20(19)29-23(30-21)16-4-7-18(25)8-5-16;22-11-18-16-8-5-14(21(30)24-9-1-2-19-25-12-26-29-19)10-17(16)27-20(28-18)13-3-6-15(23)7-4-13;1-13-17-9-6-15(21(29)23-10-2-3-19-24-12-25-28-19)11-18(17)27-20(26-13)14-4-7-16(22)8-5-14/h4-9,13,15H,2-3,10-12,14H2,1H3,(H,26,32)(H,27,28,31);3-8,10,12H,1-2,9,11H2,(H,24,30)(H,25,26,29);4-9,11-12H,2-3,10H2,1H3,(H,23,29)(H,24,25,28). The molecule has 0 saturated carbocycles. The van der Waals surface area contributed by atoms with Crippen molar-refractivity contribution < 1.29 is 23.9 Å². The number of fused-ring (bicyclic) bond motifs is 3. The third-order valence-electron chi connectivity index (χ3n) is 14.4. The van der Waals surface area contributed by atoms with Gasteiger partial charge in [0.25, 0.3) is 17.7 Å². The summed E-state index contributed by atoms with van der Waals surface area (Å²) < 4.78 is 10.8. The van der Waals surface area contributed by atoms with Gasteiger partial charge in [-0.25, -0.2) is 44.9 Å². The van der Waals surface area contributed by atoms with E-state index >= 15 is 0 Å². The van der Waals surface area contributed by atoms with Crippen LogP contribution in [0.15, 0.2) is 146 Å². The average molecular weight is 1370 g/mol. The number of aromatic amines is 3. The summed E-state index contributed by atoms with van der Waals surface area (Å²) >= 11 is 21.5. The molecule has 0 spiro atoms. The number of rotatable bonds is 24. The predicted octanol–water partition coefficient (Wildman–Crippen LogP) is 11.7. The smallest absolute Gasteiger partial charge is 0.251 e. The lowest BCUT2D eigenvalue weighted by molar-refractivity contribution is 0.0607. The Kier molecular flexibility index (Phi) is 23.7. The molecule has 0 atom stereocenters. The second kappa shape index (κ2) is 33.1. The minimum absolute atomic E-state index is 0.131. The largest absolute Gasteiger partial charge is 0.382 e. The average Bonchev–Trinajstić information content (AvgIpc) is 2.23. The zero-order valence-corrected chi connectivity index (χ0v) is 54.3. The third kappa shape index (κ3) is 18.6. The monoisotopic (exact) mass is 1370 g/mol. The SMILES string of the molecule is COCCOCc1nc(-c2ccc(Cl)cc2)nc2cc(C(=O)NCCCc3ncn[nH]3)ccc12.Cc1nc(-c2ccc(Cl)cc2)nc2cc(C(=O)NCCCc3ncn[nH]3)ccc12.O=C(NCCCc1ncn[nH]1)c1ccc2c(CBr)nc(-c3ccc(Cl)cc3)nc2c1. The van der Waals surface area contributed by atoms with Crippen molar-refractivity contribution >= 4 is 101 Å². The number of amides is 3. The molecule has 0 radical (unpaired) electrons. The second-order valence-electron chi connectivity index (χ2n) is 20.9. The maximum absolute atomic E-state index is 12.7. The van der Waals surface area contributed by atoms with E-state index in [0.29, 0.717) is 106 Å².